The van der Waals surface area contributed by atoms with Crippen molar-refractivity contribution < 1.29 is 19.4 Å². The van der Waals surface area contributed by atoms with Gasteiger partial charge in [0.25, 0.3) is 0 Å². The van der Waals surface area contributed by atoms with Crippen molar-refractivity contribution in [3.63, 3.8) is 0 Å². The predicted molar refractivity (Wildman–Crippen MR) is 85.9 cm³/mol. The van der Waals surface area contributed by atoms with Gasteiger partial charge in [0.1, 0.15) is 5.82 Å². The van der Waals surface area contributed by atoms with Gasteiger partial charge in [0.15, 0.2) is 18.1 Å². The number of H-pyrrole nitrogens is 1. The number of carbonyl (C=O) groups is 1. The number of methoxy groups -OCH3 is 1. The minimum atomic E-state index is -1.04. The Labute approximate surface area is 132 Å². The topological polar surface area (TPSA) is 84.4 Å². The van der Waals surface area contributed by atoms with Crippen molar-refractivity contribution in [3.05, 3.63) is 42.0 Å². The molecule has 0 aliphatic carbocycles. The third kappa shape index (κ3) is 3.11. The molecule has 6 heteroatoms. The number of carboxylic acid groups (broad SMARTS) is 1. The molecule has 0 amide bonds. The molecule has 1 aromatic heterocycles. The first kappa shape index (κ1) is 14.9. The minimum Gasteiger partial charge on any atom is -0.493 e. The number of carboxylic acids is 1. The Kier molecular flexibility index (Phi) is 3.89. The van der Waals surface area contributed by atoms with E-state index in [1.807, 2.05) is 31.2 Å². The van der Waals surface area contributed by atoms with Gasteiger partial charge in [-0.1, -0.05) is 6.07 Å². The first-order valence-electron chi connectivity index (χ1n) is 7.06. The number of aliphatic carboxylic acids is 1. The maximum absolute atomic E-state index is 10.6. The second kappa shape index (κ2) is 6.00. The molecule has 0 saturated heterocycles. The molecule has 3 aromatic rings. The van der Waals surface area contributed by atoms with Crippen molar-refractivity contribution in [3.8, 4) is 22.9 Å². The van der Waals surface area contributed by atoms with Crippen LogP contribution in [0.25, 0.3) is 22.4 Å². The van der Waals surface area contributed by atoms with Crippen LogP contribution in [0.2, 0.25) is 0 Å². The van der Waals surface area contributed by atoms with E-state index in [1.54, 1.807) is 12.1 Å². The fourth-order valence-electron chi connectivity index (χ4n) is 2.33. The number of benzene rings is 2. The summed E-state index contributed by atoms with van der Waals surface area (Å²) >= 11 is 0. The van der Waals surface area contributed by atoms with Crippen LogP contribution < -0.4 is 9.47 Å². The molecule has 0 saturated carbocycles. The maximum Gasteiger partial charge on any atom is 0.341 e. The number of rotatable bonds is 5. The lowest BCUT2D eigenvalue weighted by atomic mass is 10.2. The average molecular weight is 312 g/mol. The Morgan fingerprint density at radius 1 is 1.22 bits per heavy atom. The Morgan fingerprint density at radius 2 is 2.04 bits per heavy atom. The second-order valence-electron chi connectivity index (χ2n) is 5.15. The Balaban J connectivity index is 1.96. The van der Waals surface area contributed by atoms with Crippen molar-refractivity contribution >= 4 is 17.0 Å². The van der Waals surface area contributed by atoms with Crippen molar-refractivity contribution in [2.45, 2.75) is 6.92 Å². The summed E-state index contributed by atoms with van der Waals surface area (Å²) in [6, 6.07) is 11.3. The SMILES string of the molecule is COc1cc(-c2nc3ccc(C)cc3[nH]2)ccc1OCC(=O)O. The van der Waals surface area contributed by atoms with E-state index in [0.29, 0.717) is 17.3 Å². The summed E-state index contributed by atoms with van der Waals surface area (Å²) < 4.78 is 10.5. The number of aryl methyl sites for hydroxylation is 1. The molecule has 0 bridgehead atoms. The van der Waals surface area contributed by atoms with Crippen LogP contribution in [-0.2, 0) is 4.79 Å². The summed E-state index contributed by atoms with van der Waals surface area (Å²) in [5.41, 5.74) is 3.84. The van der Waals surface area contributed by atoms with Gasteiger partial charge in [-0.05, 0) is 42.8 Å². The second-order valence-corrected chi connectivity index (χ2v) is 5.15. The number of hydrogen-bond donors (Lipinski definition) is 2. The summed E-state index contributed by atoms with van der Waals surface area (Å²) in [5.74, 6) is 0.517. The molecular weight excluding hydrogens is 296 g/mol. The number of nitrogens with zero attached hydrogens (tertiary/aromatic N) is 1. The van der Waals surface area contributed by atoms with E-state index in [4.69, 9.17) is 14.6 Å². The van der Waals surface area contributed by atoms with Crippen LogP contribution in [-0.4, -0.2) is 34.8 Å². The molecule has 2 N–H and O–H groups in total. The number of imidazole rings is 1. The van der Waals surface area contributed by atoms with E-state index in [2.05, 4.69) is 9.97 Å². The highest BCUT2D eigenvalue weighted by Gasteiger charge is 2.11. The van der Waals surface area contributed by atoms with Gasteiger partial charge in [-0.3, -0.25) is 0 Å². The van der Waals surface area contributed by atoms with Gasteiger partial charge >= 0.3 is 5.97 Å². The largest absolute Gasteiger partial charge is 0.493 e. The van der Waals surface area contributed by atoms with Crippen molar-refractivity contribution in [2.75, 3.05) is 13.7 Å². The lowest BCUT2D eigenvalue weighted by Crippen LogP contribution is -2.10. The lowest BCUT2D eigenvalue weighted by molar-refractivity contribution is -0.139. The van der Waals surface area contributed by atoms with E-state index in [-0.39, 0.29) is 0 Å². The van der Waals surface area contributed by atoms with Crippen LogP contribution >= 0.6 is 0 Å². The molecule has 0 aliphatic rings. The highest BCUT2D eigenvalue weighted by molar-refractivity contribution is 5.80. The molecule has 0 atom stereocenters. The normalized spacial score (nSPS) is 10.7. The minimum absolute atomic E-state index is 0.380. The van der Waals surface area contributed by atoms with Crippen molar-refractivity contribution in [1.29, 1.82) is 0 Å². The lowest BCUT2D eigenvalue weighted by Gasteiger charge is -2.10. The van der Waals surface area contributed by atoms with Gasteiger partial charge in [0, 0.05) is 5.56 Å². The highest BCUT2D eigenvalue weighted by atomic mass is 16.5. The van der Waals surface area contributed by atoms with Gasteiger partial charge in [0.05, 0.1) is 18.1 Å². The smallest absolute Gasteiger partial charge is 0.341 e. The van der Waals surface area contributed by atoms with Gasteiger partial charge in [-0.25, -0.2) is 9.78 Å². The number of nitrogens with one attached hydrogen (secondary N) is 1. The zero-order valence-electron chi connectivity index (χ0n) is 12.8. The van der Waals surface area contributed by atoms with E-state index in [0.717, 1.165) is 22.2 Å². The third-order valence-electron chi connectivity index (χ3n) is 3.43. The van der Waals surface area contributed by atoms with E-state index in [1.165, 1.54) is 7.11 Å². The Hall–Kier alpha value is -3.02. The highest BCUT2D eigenvalue weighted by Crippen LogP contribution is 2.32. The monoisotopic (exact) mass is 312 g/mol. The van der Waals surface area contributed by atoms with Crippen LogP contribution in [0, 0.1) is 6.92 Å². The molecule has 0 fully saturated rings. The summed E-state index contributed by atoms with van der Waals surface area (Å²) in [7, 11) is 1.51. The molecule has 0 radical (unpaired) electrons. The molecular formula is C17H16N2O4. The third-order valence-corrected chi connectivity index (χ3v) is 3.43. The maximum atomic E-state index is 10.6. The first-order valence-corrected chi connectivity index (χ1v) is 7.06. The summed E-state index contributed by atoms with van der Waals surface area (Å²) in [4.78, 5) is 18.4. The van der Waals surface area contributed by atoms with Gasteiger partial charge < -0.3 is 19.6 Å². The fourth-order valence-corrected chi connectivity index (χ4v) is 2.33. The molecule has 1 heterocycles. The fraction of sp³-hybridized carbons (Fsp3) is 0.176. The predicted octanol–water partition coefficient (Wildman–Crippen LogP) is 3.01. The van der Waals surface area contributed by atoms with Crippen molar-refractivity contribution in [2.24, 2.45) is 0 Å². The average Bonchev–Trinajstić information content (AvgIpc) is 2.95. The zero-order chi connectivity index (χ0) is 16.4. The summed E-state index contributed by atoms with van der Waals surface area (Å²) in [6.07, 6.45) is 0. The van der Waals surface area contributed by atoms with Crippen LogP contribution in [0.15, 0.2) is 36.4 Å². The number of ether oxygens (including phenoxy) is 2. The van der Waals surface area contributed by atoms with Crippen LogP contribution in [0.5, 0.6) is 11.5 Å². The Morgan fingerprint density at radius 3 is 2.78 bits per heavy atom. The van der Waals surface area contributed by atoms with Crippen LogP contribution in [0.1, 0.15) is 5.56 Å². The molecule has 0 spiro atoms. The quantitative estimate of drug-likeness (QED) is 0.756. The molecule has 6 nitrogen and oxygen atoms in total. The zero-order valence-corrected chi connectivity index (χ0v) is 12.8. The number of aromatic amines is 1. The summed E-state index contributed by atoms with van der Waals surface area (Å²) in [5, 5.41) is 8.69. The molecule has 23 heavy (non-hydrogen) atoms. The first-order chi connectivity index (χ1) is 11.1. The van der Waals surface area contributed by atoms with E-state index in [9.17, 15) is 4.79 Å². The number of aromatic nitrogens is 2. The molecule has 118 valence electrons. The van der Waals surface area contributed by atoms with E-state index < -0.39 is 12.6 Å². The van der Waals surface area contributed by atoms with E-state index >= 15 is 0 Å². The van der Waals surface area contributed by atoms with Crippen LogP contribution in [0.3, 0.4) is 0 Å². The number of fused-ring (bicyclic) bond motifs is 1. The van der Waals surface area contributed by atoms with Crippen molar-refractivity contribution in [1.82, 2.24) is 9.97 Å². The number of hydrogen-bond acceptors (Lipinski definition) is 4. The standard InChI is InChI=1S/C17H16N2O4/c1-10-3-5-12-13(7-10)19-17(18-12)11-4-6-14(15(8-11)22-2)23-9-16(20)21/h3-8H,9H2,1-2H3,(H,18,19)(H,20,21). The van der Waals surface area contributed by atoms with Gasteiger partial charge in [-0.15, -0.1) is 0 Å². The molecule has 3 rings (SSSR count). The molecule has 0 unspecified atom stereocenters. The summed E-state index contributed by atoms with van der Waals surface area (Å²) in [6.45, 7) is 1.61. The molecule has 2 aromatic carbocycles. The van der Waals surface area contributed by atoms with Gasteiger partial charge in [0.2, 0.25) is 0 Å². The van der Waals surface area contributed by atoms with Gasteiger partial charge in [-0.2, -0.15) is 0 Å². The van der Waals surface area contributed by atoms with Crippen LogP contribution in [0.4, 0.5) is 0 Å². The Bertz CT molecular complexity index is 870. The molecule has 0 aliphatic heterocycles.